The first-order chi connectivity index (χ1) is 8.97. The van der Waals surface area contributed by atoms with E-state index in [1.54, 1.807) is 17.9 Å². The average Bonchev–Trinajstić information content (AvgIpc) is 2.96. The molecule has 1 atom stereocenters. The number of aromatic nitrogens is 2. The van der Waals surface area contributed by atoms with Crippen LogP contribution in [-0.2, 0) is 7.05 Å². The number of carbonyl (C=O) groups is 2. The number of hydrogen-bond acceptors (Lipinski definition) is 4. The van der Waals surface area contributed by atoms with E-state index in [1.807, 2.05) is 13.1 Å². The molecule has 0 aliphatic carbocycles. The Bertz CT molecular complexity index is 617. The van der Waals surface area contributed by atoms with Gasteiger partial charge in [0.1, 0.15) is 4.88 Å². The maximum Gasteiger partial charge on any atom is 0.345 e. The number of aryl methyl sites for hydroxylation is 1. The van der Waals surface area contributed by atoms with Gasteiger partial charge in [0, 0.05) is 18.8 Å². The van der Waals surface area contributed by atoms with Crippen molar-refractivity contribution in [3.63, 3.8) is 0 Å². The molecule has 0 aliphatic rings. The van der Waals surface area contributed by atoms with E-state index in [9.17, 15) is 9.59 Å². The first kappa shape index (κ1) is 13.3. The summed E-state index contributed by atoms with van der Waals surface area (Å²) in [7, 11) is 1.80. The number of carboxylic acids is 1. The lowest BCUT2D eigenvalue weighted by atomic mass is 10.2. The summed E-state index contributed by atoms with van der Waals surface area (Å²) >= 11 is 0.959. The van der Waals surface area contributed by atoms with Crippen LogP contribution in [0.2, 0.25) is 0 Å². The standard InChI is InChI=1S/C12H13N3O3S/c1-7(8-5-13-15(2)6-8)14-11(16)9-3-4-10(19-9)12(17)18/h3-7H,1-2H3,(H,14,16)(H,17,18). The molecule has 1 amide bonds. The summed E-state index contributed by atoms with van der Waals surface area (Å²) in [5, 5.41) is 15.6. The first-order valence-electron chi connectivity index (χ1n) is 5.60. The van der Waals surface area contributed by atoms with Crippen LogP contribution in [0.3, 0.4) is 0 Å². The van der Waals surface area contributed by atoms with E-state index in [0.717, 1.165) is 16.9 Å². The molecule has 0 spiro atoms. The fourth-order valence-electron chi connectivity index (χ4n) is 1.59. The molecule has 6 nitrogen and oxygen atoms in total. The summed E-state index contributed by atoms with van der Waals surface area (Å²) in [6.07, 6.45) is 3.50. The van der Waals surface area contributed by atoms with Gasteiger partial charge in [-0.15, -0.1) is 11.3 Å². The molecule has 1 unspecified atom stereocenters. The molecule has 0 radical (unpaired) electrons. The van der Waals surface area contributed by atoms with Crippen molar-refractivity contribution in [1.82, 2.24) is 15.1 Å². The van der Waals surface area contributed by atoms with Gasteiger partial charge >= 0.3 is 5.97 Å². The maximum absolute atomic E-state index is 12.0. The van der Waals surface area contributed by atoms with Gasteiger partial charge in [0.2, 0.25) is 0 Å². The third kappa shape index (κ3) is 3.00. The Morgan fingerprint density at radius 1 is 1.42 bits per heavy atom. The van der Waals surface area contributed by atoms with Crippen molar-refractivity contribution >= 4 is 23.2 Å². The van der Waals surface area contributed by atoms with Crippen molar-refractivity contribution in [2.75, 3.05) is 0 Å². The van der Waals surface area contributed by atoms with Crippen LogP contribution in [0.5, 0.6) is 0 Å². The lowest BCUT2D eigenvalue weighted by Gasteiger charge is -2.10. The number of thiophene rings is 1. The molecular weight excluding hydrogens is 266 g/mol. The fraction of sp³-hybridized carbons (Fsp3) is 0.250. The van der Waals surface area contributed by atoms with Crippen molar-refractivity contribution in [3.05, 3.63) is 39.8 Å². The van der Waals surface area contributed by atoms with E-state index in [0.29, 0.717) is 4.88 Å². The molecule has 0 aliphatic heterocycles. The van der Waals surface area contributed by atoms with Gasteiger partial charge in [0.05, 0.1) is 17.1 Å². The summed E-state index contributed by atoms with van der Waals surface area (Å²) < 4.78 is 1.66. The minimum absolute atomic E-state index is 0.152. The fourth-order valence-corrected chi connectivity index (χ4v) is 2.34. The molecule has 19 heavy (non-hydrogen) atoms. The highest BCUT2D eigenvalue weighted by Gasteiger charge is 2.16. The van der Waals surface area contributed by atoms with Crippen molar-refractivity contribution in [1.29, 1.82) is 0 Å². The SMILES string of the molecule is CC(NC(=O)c1ccc(C(=O)O)s1)c1cnn(C)c1. The van der Waals surface area contributed by atoms with Crippen LogP contribution in [0, 0.1) is 0 Å². The van der Waals surface area contributed by atoms with Gasteiger partial charge in [-0.2, -0.15) is 5.10 Å². The quantitative estimate of drug-likeness (QED) is 0.891. The van der Waals surface area contributed by atoms with Gasteiger partial charge in [-0.25, -0.2) is 4.79 Å². The number of carbonyl (C=O) groups excluding carboxylic acids is 1. The zero-order valence-electron chi connectivity index (χ0n) is 10.5. The predicted octanol–water partition coefficient (Wildman–Crippen LogP) is 1.67. The molecule has 0 saturated carbocycles. The monoisotopic (exact) mass is 279 g/mol. The topological polar surface area (TPSA) is 84.2 Å². The molecule has 0 aromatic carbocycles. The Morgan fingerprint density at radius 2 is 2.11 bits per heavy atom. The van der Waals surface area contributed by atoms with Gasteiger partial charge in [0.25, 0.3) is 5.91 Å². The highest BCUT2D eigenvalue weighted by Crippen LogP contribution is 2.18. The zero-order valence-corrected chi connectivity index (χ0v) is 11.3. The second-order valence-corrected chi connectivity index (χ2v) is 5.20. The van der Waals surface area contributed by atoms with Crippen LogP contribution in [0.4, 0.5) is 0 Å². The van der Waals surface area contributed by atoms with E-state index >= 15 is 0 Å². The second-order valence-electron chi connectivity index (χ2n) is 4.11. The van der Waals surface area contributed by atoms with Crippen LogP contribution >= 0.6 is 11.3 Å². The average molecular weight is 279 g/mol. The molecule has 0 bridgehead atoms. The van der Waals surface area contributed by atoms with E-state index in [-0.39, 0.29) is 16.8 Å². The van der Waals surface area contributed by atoms with Crippen molar-refractivity contribution in [2.24, 2.45) is 7.05 Å². The molecule has 2 rings (SSSR count). The van der Waals surface area contributed by atoms with Crippen LogP contribution in [0.15, 0.2) is 24.5 Å². The summed E-state index contributed by atoms with van der Waals surface area (Å²) in [5.74, 6) is -1.31. The Morgan fingerprint density at radius 3 is 2.63 bits per heavy atom. The number of hydrogen-bond donors (Lipinski definition) is 2. The number of aromatic carboxylic acids is 1. The third-order valence-electron chi connectivity index (χ3n) is 2.61. The van der Waals surface area contributed by atoms with Crippen molar-refractivity contribution in [2.45, 2.75) is 13.0 Å². The van der Waals surface area contributed by atoms with Gasteiger partial charge in [-0.05, 0) is 19.1 Å². The van der Waals surface area contributed by atoms with E-state index in [1.165, 1.54) is 12.1 Å². The number of nitrogens with zero attached hydrogens (tertiary/aromatic N) is 2. The predicted molar refractivity (Wildman–Crippen MR) is 70.4 cm³/mol. The molecule has 100 valence electrons. The number of rotatable bonds is 4. The van der Waals surface area contributed by atoms with E-state index < -0.39 is 5.97 Å². The summed E-state index contributed by atoms with van der Waals surface area (Å²) in [6.45, 7) is 1.85. The van der Waals surface area contributed by atoms with Crippen molar-refractivity contribution < 1.29 is 14.7 Å². The first-order valence-corrected chi connectivity index (χ1v) is 6.41. The largest absolute Gasteiger partial charge is 0.477 e. The zero-order chi connectivity index (χ0) is 14.0. The van der Waals surface area contributed by atoms with Crippen molar-refractivity contribution in [3.8, 4) is 0 Å². The van der Waals surface area contributed by atoms with Crippen LogP contribution in [0.1, 0.15) is 37.9 Å². The minimum Gasteiger partial charge on any atom is -0.477 e. The Kier molecular flexibility index (Phi) is 3.66. The van der Waals surface area contributed by atoms with Gasteiger partial charge < -0.3 is 10.4 Å². The Labute approximate surface area is 113 Å². The molecule has 0 saturated heterocycles. The number of carboxylic acid groups (broad SMARTS) is 1. The molecule has 2 heterocycles. The lowest BCUT2D eigenvalue weighted by molar-refractivity contribution is 0.0702. The second kappa shape index (κ2) is 5.23. The molecular formula is C12H13N3O3S. The van der Waals surface area contributed by atoms with Gasteiger partial charge in [-0.1, -0.05) is 0 Å². The maximum atomic E-state index is 12.0. The van der Waals surface area contributed by atoms with Crippen LogP contribution in [0.25, 0.3) is 0 Å². The van der Waals surface area contributed by atoms with Gasteiger partial charge in [-0.3, -0.25) is 9.48 Å². The van der Waals surface area contributed by atoms with Crippen LogP contribution in [-0.4, -0.2) is 26.8 Å². The third-order valence-corrected chi connectivity index (χ3v) is 3.69. The number of nitrogens with one attached hydrogen (secondary N) is 1. The molecule has 2 aromatic heterocycles. The summed E-state index contributed by atoms with van der Waals surface area (Å²) in [4.78, 5) is 23.2. The highest BCUT2D eigenvalue weighted by molar-refractivity contribution is 7.15. The lowest BCUT2D eigenvalue weighted by Crippen LogP contribution is -2.25. The molecule has 2 N–H and O–H groups in total. The smallest absolute Gasteiger partial charge is 0.345 e. The summed E-state index contributed by atoms with van der Waals surface area (Å²) in [5.41, 5.74) is 0.894. The molecule has 2 aromatic rings. The summed E-state index contributed by atoms with van der Waals surface area (Å²) in [6, 6.07) is 2.76. The Balaban J connectivity index is 2.06. The van der Waals surface area contributed by atoms with Gasteiger partial charge in [0.15, 0.2) is 0 Å². The van der Waals surface area contributed by atoms with Crippen LogP contribution < -0.4 is 5.32 Å². The molecule has 0 fully saturated rings. The van der Waals surface area contributed by atoms with E-state index in [2.05, 4.69) is 10.4 Å². The number of amides is 1. The van der Waals surface area contributed by atoms with E-state index in [4.69, 9.17) is 5.11 Å². The Hall–Kier alpha value is -2.15. The normalized spacial score (nSPS) is 12.1. The molecule has 7 heteroatoms. The highest BCUT2D eigenvalue weighted by atomic mass is 32.1. The minimum atomic E-state index is -1.02.